The molecule has 12 heteroatoms. The number of nitrogens with zero attached hydrogens (tertiary/aromatic N) is 2. The molecule has 2 heterocycles. The Labute approximate surface area is 277 Å². The van der Waals surface area contributed by atoms with Gasteiger partial charge in [-0.2, -0.15) is 0 Å². The highest BCUT2D eigenvalue weighted by Gasteiger charge is 2.51. The molecule has 10 nitrogen and oxygen atoms in total. The number of carbonyl (C=O) groups is 1. The Morgan fingerprint density at radius 3 is 2.19 bits per heavy atom. The summed E-state index contributed by atoms with van der Waals surface area (Å²) < 4.78 is 49.9. The normalized spacial score (nSPS) is 20.0. The smallest absolute Gasteiger partial charge is 0.338 e. The van der Waals surface area contributed by atoms with Gasteiger partial charge in [0.1, 0.15) is 17.1 Å². The Morgan fingerprint density at radius 2 is 1.57 bits per heavy atom. The molecule has 47 heavy (non-hydrogen) atoms. The van der Waals surface area contributed by atoms with Gasteiger partial charge >= 0.3 is 5.97 Å². The fourth-order valence-corrected chi connectivity index (χ4v) is 8.44. The Hall–Kier alpha value is -4.16. The minimum Gasteiger partial charge on any atom is -0.543 e. The molecule has 3 aromatic rings. The van der Waals surface area contributed by atoms with E-state index in [2.05, 4.69) is 33.9 Å². The number of anilines is 1. The van der Waals surface area contributed by atoms with E-state index in [4.69, 9.17) is 13.9 Å². The number of hydrogen-bond acceptors (Lipinski definition) is 8. The van der Waals surface area contributed by atoms with Gasteiger partial charge in [0.15, 0.2) is 0 Å². The van der Waals surface area contributed by atoms with Crippen LogP contribution in [0.3, 0.4) is 0 Å². The van der Waals surface area contributed by atoms with Gasteiger partial charge in [-0.3, -0.25) is 14.4 Å². The fourth-order valence-electron chi connectivity index (χ4n) is 5.69. The Kier molecular flexibility index (Phi) is 8.82. The van der Waals surface area contributed by atoms with E-state index in [1.54, 1.807) is 32.9 Å². The zero-order valence-corrected chi connectivity index (χ0v) is 29.9. The number of non-ortho nitro benzene ring substituents is 1. The van der Waals surface area contributed by atoms with Crippen LogP contribution in [0.25, 0.3) is 5.76 Å². The molecule has 0 unspecified atom stereocenters. The van der Waals surface area contributed by atoms with E-state index in [0.29, 0.717) is 28.3 Å². The third-order valence-corrected chi connectivity index (χ3v) is 15.1. The van der Waals surface area contributed by atoms with Crippen molar-refractivity contribution in [1.82, 2.24) is 0 Å². The van der Waals surface area contributed by atoms with Gasteiger partial charge < -0.3 is 13.9 Å². The van der Waals surface area contributed by atoms with E-state index >= 15 is 0 Å². The van der Waals surface area contributed by atoms with Gasteiger partial charge in [0, 0.05) is 24.5 Å². The molecule has 2 aliphatic rings. The van der Waals surface area contributed by atoms with Crippen molar-refractivity contribution in [1.29, 1.82) is 0 Å². The maximum absolute atomic E-state index is 14.6. The van der Waals surface area contributed by atoms with E-state index in [9.17, 15) is 23.3 Å². The lowest BCUT2D eigenvalue weighted by atomic mass is 9.84. The van der Waals surface area contributed by atoms with Crippen molar-refractivity contribution in [3.63, 3.8) is 0 Å². The summed E-state index contributed by atoms with van der Waals surface area (Å²) in [5.41, 5.74) is 0.759. The second kappa shape index (κ2) is 12.1. The van der Waals surface area contributed by atoms with Crippen LogP contribution in [0.1, 0.15) is 65.0 Å². The molecule has 0 saturated heterocycles. The summed E-state index contributed by atoms with van der Waals surface area (Å²) in [4.78, 5) is 25.3. The van der Waals surface area contributed by atoms with Crippen LogP contribution in [0.4, 0.5) is 11.4 Å². The standard InChI is InChI=1S/C35H42N2O8SSi/c1-34(2,3)44-33(38)31-30-25-13-9-11-15-27(25)36(46(41,42)24-19-17-23(18-20-24)37(39)40)28(30)21-22-43-29-16-12-10-14-26(29)32(31)45-47(7,8)35(4,5)6/h9-20,28,30H,21-22H2,1-8H3/b32-31-/t28-,30-/m1/s1. The first kappa shape index (κ1) is 34.2. The molecule has 250 valence electrons. The van der Waals surface area contributed by atoms with Gasteiger partial charge in [-0.15, -0.1) is 0 Å². The van der Waals surface area contributed by atoms with Crippen molar-refractivity contribution in [3.05, 3.63) is 99.6 Å². The predicted octanol–water partition coefficient (Wildman–Crippen LogP) is 7.81. The second-order valence-corrected chi connectivity index (χ2v) is 20.9. The molecule has 0 aliphatic carbocycles. The minimum atomic E-state index is -4.28. The molecule has 0 fully saturated rings. The summed E-state index contributed by atoms with van der Waals surface area (Å²) in [6.07, 6.45) is 0.222. The summed E-state index contributed by atoms with van der Waals surface area (Å²) in [7, 11) is -6.91. The highest BCUT2D eigenvalue weighted by atomic mass is 32.2. The maximum Gasteiger partial charge on any atom is 0.338 e. The molecule has 2 aliphatic heterocycles. The predicted molar refractivity (Wildman–Crippen MR) is 183 cm³/mol. The van der Waals surface area contributed by atoms with Gasteiger partial charge in [0.2, 0.25) is 0 Å². The summed E-state index contributed by atoms with van der Waals surface area (Å²) in [6.45, 7) is 16.0. The van der Waals surface area contributed by atoms with E-state index in [0.717, 1.165) is 0 Å². The number of carbonyl (C=O) groups excluding carboxylic acids is 1. The lowest BCUT2D eigenvalue weighted by Gasteiger charge is -2.39. The van der Waals surface area contributed by atoms with Gasteiger partial charge in [-0.1, -0.05) is 51.1 Å². The van der Waals surface area contributed by atoms with Crippen LogP contribution in [0, 0.1) is 10.1 Å². The van der Waals surface area contributed by atoms with Crippen molar-refractivity contribution < 1.29 is 32.0 Å². The zero-order valence-electron chi connectivity index (χ0n) is 28.1. The van der Waals surface area contributed by atoms with E-state index < -0.39 is 46.8 Å². The van der Waals surface area contributed by atoms with Crippen LogP contribution >= 0.6 is 0 Å². The maximum atomic E-state index is 14.6. The number of para-hydroxylation sites is 2. The minimum absolute atomic E-state index is 0.108. The van der Waals surface area contributed by atoms with Gasteiger partial charge in [-0.25, -0.2) is 13.2 Å². The Balaban J connectivity index is 1.83. The van der Waals surface area contributed by atoms with Crippen molar-refractivity contribution in [3.8, 4) is 5.75 Å². The average molecular weight is 679 g/mol. The monoisotopic (exact) mass is 678 g/mol. The lowest BCUT2D eigenvalue weighted by Crippen LogP contribution is -2.43. The third kappa shape index (κ3) is 6.53. The highest BCUT2D eigenvalue weighted by Crippen LogP contribution is 2.53. The molecule has 3 aromatic carbocycles. The molecule has 2 atom stereocenters. The molecule has 0 spiro atoms. The second-order valence-electron chi connectivity index (χ2n) is 14.4. The molecule has 0 aromatic heterocycles. The SMILES string of the molecule is CC(C)(C)OC(=O)/C1=C(\O[Si](C)(C)C(C)(C)C)c2ccccc2OCC[C@@H]2[C@H]1c1ccccc1N2S(=O)(=O)c1ccc([N+](=O)[O-])cc1. The fraction of sp³-hybridized carbons (Fsp3) is 0.400. The van der Waals surface area contributed by atoms with Crippen LogP contribution in [0.2, 0.25) is 18.1 Å². The lowest BCUT2D eigenvalue weighted by molar-refractivity contribution is -0.384. The molecule has 0 N–H and O–H groups in total. The molecule has 0 saturated carbocycles. The average Bonchev–Trinajstić information content (AvgIpc) is 3.32. The first-order chi connectivity index (χ1) is 21.8. The number of hydrogen-bond donors (Lipinski definition) is 0. The number of benzene rings is 3. The van der Waals surface area contributed by atoms with Crippen molar-refractivity contribution >= 4 is 41.4 Å². The number of sulfonamides is 1. The van der Waals surface area contributed by atoms with Crippen LogP contribution in [-0.4, -0.2) is 45.9 Å². The van der Waals surface area contributed by atoms with E-state index in [1.807, 2.05) is 36.4 Å². The Bertz CT molecular complexity index is 1840. The van der Waals surface area contributed by atoms with Crippen LogP contribution in [0.15, 0.2) is 83.3 Å². The summed E-state index contributed by atoms with van der Waals surface area (Å²) in [5.74, 6) is -0.561. The van der Waals surface area contributed by atoms with Gasteiger partial charge in [0.25, 0.3) is 24.0 Å². The topological polar surface area (TPSA) is 125 Å². The number of fused-ring (bicyclic) bond motifs is 4. The van der Waals surface area contributed by atoms with Gasteiger partial charge in [0.05, 0.1) is 39.3 Å². The zero-order chi connectivity index (χ0) is 34.5. The van der Waals surface area contributed by atoms with Crippen LogP contribution < -0.4 is 9.04 Å². The molecule has 5 rings (SSSR count). The number of ether oxygens (including phenoxy) is 2. The number of esters is 1. The number of rotatable bonds is 6. The molecule has 0 amide bonds. The number of nitro benzene ring substituents is 1. The summed E-state index contributed by atoms with van der Waals surface area (Å²) >= 11 is 0. The first-order valence-corrected chi connectivity index (χ1v) is 19.9. The molecular formula is C35H42N2O8SSi. The van der Waals surface area contributed by atoms with Crippen molar-refractivity contribution in [2.45, 2.75) is 88.6 Å². The van der Waals surface area contributed by atoms with Gasteiger partial charge in [-0.05, 0) is 74.8 Å². The quantitative estimate of drug-likeness (QED) is 0.112. The van der Waals surface area contributed by atoms with Crippen molar-refractivity contribution in [2.24, 2.45) is 0 Å². The summed E-state index contributed by atoms with van der Waals surface area (Å²) in [5, 5.41) is 11.1. The van der Waals surface area contributed by atoms with Crippen molar-refractivity contribution in [2.75, 3.05) is 10.9 Å². The highest BCUT2D eigenvalue weighted by molar-refractivity contribution is 7.92. The first-order valence-electron chi connectivity index (χ1n) is 15.6. The summed E-state index contributed by atoms with van der Waals surface area (Å²) in [6, 6.07) is 18.5. The number of nitro groups is 1. The van der Waals surface area contributed by atoms with Crippen LogP contribution in [0.5, 0.6) is 5.75 Å². The van der Waals surface area contributed by atoms with Crippen LogP contribution in [-0.2, 0) is 24.0 Å². The molecule has 0 bridgehead atoms. The largest absolute Gasteiger partial charge is 0.543 e. The van der Waals surface area contributed by atoms with E-state index in [-0.39, 0.29) is 34.2 Å². The molecule has 0 radical (unpaired) electrons. The van der Waals surface area contributed by atoms with E-state index in [1.165, 1.54) is 28.6 Å². The third-order valence-electron chi connectivity index (χ3n) is 8.94. The Morgan fingerprint density at radius 1 is 0.957 bits per heavy atom. The molecular weight excluding hydrogens is 637 g/mol.